The van der Waals surface area contributed by atoms with Gasteiger partial charge in [0.1, 0.15) is 42.7 Å². The van der Waals surface area contributed by atoms with E-state index in [9.17, 15) is 9.90 Å². The van der Waals surface area contributed by atoms with Gasteiger partial charge >= 0.3 is 0 Å². The second-order valence-corrected chi connectivity index (χ2v) is 15.6. The molecule has 4 aromatic carbocycles. The average molecular weight is 853 g/mol. The van der Waals surface area contributed by atoms with Crippen molar-refractivity contribution in [2.75, 3.05) is 19.8 Å². The third-order valence-corrected chi connectivity index (χ3v) is 10.8. The number of hydrogen-bond acceptors (Lipinski definition) is 11. The van der Waals surface area contributed by atoms with Gasteiger partial charge in [0, 0.05) is 25.0 Å². The first-order valence-corrected chi connectivity index (χ1v) is 21.5. The van der Waals surface area contributed by atoms with Gasteiger partial charge in [0.2, 0.25) is 5.91 Å². The number of carbonyl (C=O) groups is 1. The van der Waals surface area contributed by atoms with Crippen molar-refractivity contribution in [1.29, 1.82) is 0 Å². The molecule has 0 spiro atoms. The highest BCUT2D eigenvalue weighted by molar-refractivity contribution is 5.73. The molecule has 2 N–H and O–H groups in total. The van der Waals surface area contributed by atoms with Gasteiger partial charge in [-0.25, -0.2) is 0 Å². The lowest BCUT2D eigenvalue weighted by Gasteiger charge is -2.49. The molecule has 0 radical (unpaired) electrons. The highest BCUT2D eigenvalue weighted by Gasteiger charge is 2.53. The fraction of sp³-hybridized carbons (Fsp3) is 0.479. The Balaban J connectivity index is 1.28. The van der Waals surface area contributed by atoms with Crippen LogP contribution >= 0.6 is 0 Å². The molecular weight excluding hydrogens is 793 g/mol. The zero-order valence-corrected chi connectivity index (χ0v) is 35.6. The maximum Gasteiger partial charge on any atom is 0.217 e. The first kappa shape index (κ1) is 46.8. The van der Waals surface area contributed by atoms with Crippen LogP contribution in [0.15, 0.2) is 126 Å². The molecule has 0 bridgehead atoms. The Morgan fingerprint density at radius 1 is 0.661 bits per heavy atom. The average Bonchev–Trinajstić information content (AvgIpc) is 3.29. The summed E-state index contributed by atoms with van der Waals surface area (Å²) in [5.41, 5.74) is 12.4. The van der Waals surface area contributed by atoms with Gasteiger partial charge in [0.15, 0.2) is 12.6 Å². The standard InChI is InChI=1S/C48H60N4O10/c1-34-43(57-30-37-21-11-6-12-22-37)45(58-31-38-23-13-7-14-24-38)46(59-32-39-25-15-8-16-26-39)48(60-34)62-44-41(51-35(2)53)47(56-28-18-4-3-17-27-50-52-49)61-40(42(44)54)33-55-29-36-19-9-5-10-20-36/h5-16,19-26,34,40-48,54H,3-4,17-18,27-33H2,1-2H3,(H,51,53)/t34-,40+,41+,42+,43+,44+,45+,46-,47+,48-/m0/s1. The molecule has 14 nitrogen and oxygen atoms in total. The fourth-order valence-electron chi connectivity index (χ4n) is 7.63. The molecule has 2 heterocycles. The van der Waals surface area contributed by atoms with Crippen molar-refractivity contribution in [2.24, 2.45) is 5.11 Å². The Bertz CT molecular complexity index is 1910. The summed E-state index contributed by atoms with van der Waals surface area (Å²) >= 11 is 0. The summed E-state index contributed by atoms with van der Waals surface area (Å²) in [6.45, 7) is 5.11. The van der Waals surface area contributed by atoms with Gasteiger partial charge in [-0.3, -0.25) is 4.79 Å². The number of hydrogen-bond donors (Lipinski definition) is 2. The van der Waals surface area contributed by atoms with Crippen molar-refractivity contribution >= 4 is 5.91 Å². The Hall–Kier alpha value is -4.70. The Morgan fingerprint density at radius 2 is 1.18 bits per heavy atom. The number of ether oxygens (including phenoxy) is 8. The van der Waals surface area contributed by atoms with Crippen LogP contribution in [-0.4, -0.2) is 92.1 Å². The van der Waals surface area contributed by atoms with Crippen molar-refractivity contribution in [2.45, 2.75) is 127 Å². The zero-order chi connectivity index (χ0) is 43.4. The van der Waals surface area contributed by atoms with Crippen molar-refractivity contribution in [3.8, 4) is 0 Å². The van der Waals surface area contributed by atoms with E-state index in [1.165, 1.54) is 6.92 Å². The Morgan fingerprint density at radius 3 is 1.73 bits per heavy atom. The van der Waals surface area contributed by atoms with Crippen molar-refractivity contribution < 1.29 is 47.8 Å². The molecule has 332 valence electrons. The molecule has 1 amide bonds. The lowest BCUT2D eigenvalue weighted by Crippen LogP contribution is -2.68. The number of nitrogens with one attached hydrogen (secondary N) is 1. The second-order valence-electron chi connectivity index (χ2n) is 15.6. The third kappa shape index (κ3) is 14.4. The van der Waals surface area contributed by atoms with E-state index in [0.717, 1.165) is 41.5 Å². The summed E-state index contributed by atoms with van der Waals surface area (Å²) < 4.78 is 52.7. The number of aliphatic hydroxyl groups excluding tert-OH is 1. The van der Waals surface area contributed by atoms with Crippen LogP contribution in [0.1, 0.15) is 61.8 Å². The number of benzene rings is 4. The van der Waals surface area contributed by atoms with Crippen molar-refractivity contribution in [3.05, 3.63) is 154 Å². The highest BCUT2D eigenvalue weighted by Crippen LogP contribution is 2.34. The molecule has 2 aliphatic heterocycles. The molecular formula is C48H60N4O10. The largest absolute Gasteiger partial charge is 0.388 e. The minimum atomic E-state index is -1.30. The molecule has 0 unspecified atom stereocenters. The summed E-state index contributed by atoms with van der Waals surface area (Å²) in [7, 11) is 0. The van der Waals surface area contributed by atoms with E-state index in [1.54, 1.807) is 0 Å². The number of rotatable bonds is 24. The second kappa shape index (κ2) is 25.4. The third-order valence-electron chi connectivity index (χ3n) is 10.8. The first-order valence-electron chi connectivity index (χ1n) is 21.5. The SMILES string of the molecule is CC(=O)N[C@H]1[C@H](OCCCCCCN=[N+]=[N-])O[C@H](COCc2ccccc2)[C@@H](O)[C@@H]1O[C@@H]1O[C@@H](C)[C@@H](OCc2ccccc2)[C@@H](OCc2ccccc2)[C@@H]1OCc1ccccc1. The van der Waals surface area contributed by atoms with Crippen LogP contribution in [0.4, 0.5) is 0 Å². The fourth-order valence-corrected chi connectivity index (χ4v) is 7.63. The summed E-state index contributed by atoms with van der Waals surface area (Å²) in [6, 6.07) is 38.3. The van der Waals surface area contributed by atoms with Crippen molar-refractivity contribution in [3.63, 3.8) is 0 Å². The highest BCUT2D eigenvalue weighted by atomic mass is 16.7. The summed E-state index contributed by atoms with van der Waals surface area (Å²) in [5, 5.41) is 18.8. The van der Waals surface area contributed by atoms with E-state index < -0.39 is 61.3 Å². The molecule has 2 aliphatic rings. The number of amides is 1. The lowest BCUT2D eigenvalue weighted by atomic mass is 9.95. The summed E-state index contributed by atoms with van der Waals surface area (Å²) in [5.74, 6) is -0.363. The number of carbonyl (C=O) groups excluding carboxylic acids is 1. The minimum absolute atomic E-state index is 0.00998. The number of aliphatic hydroxyl groups is 1. The van der Waals surface area contributed by atoms with Gasteiger partial charge in [0.05, 0.1) is 39.1 Å². The van der Waals surface area contributed by atoms with Gasteiger partial charge in [-0.05, 0) is 47.6 Å². The van der Waals surface area contributed by atoms with Crippen LogP contribution in [0.25, 0.3) is 10.4 Å². The molecule has 0 saturated carbocycles. The van der Waals surface area contributed by atoms with E-state index in [1.807, 2.05) is 128 Å². The molecule has 2 fully saturated rings. The van der Waals surface area contributed by atoms with Crippen LogP contribution in [0.5, 0.6) is 0 Å². The topological polar surface area (TPSA) is 172 Å². The van der Waals surface area contributed by atoms with Gasteiger partial charge in [-0.1, -0.05) is 139 Å². The molecule has 0 aliphatic carbocycles. The quantitative estimate of drug-likeness (QED) is 0.0310. The minimum Gasteiger partial charge on any atom is -0.388 e. The van der Waals surface area contributed by atoms with E-state index in [0.29, 0.717) is 32.8 Å². The van der Waals surface area contributed by atoms with E-state index in [-0.39, 0.29) is 25.7 Å². The predicted octanol–water partition coefficient (Wildman–Crippen LogP) is 7.57. The number of unbranched alkanes of at least 4 members (excludes halogenated alkanes) is 3. The van der Waals surface area contributed by atoms with E-state index in [4.69, 9.17) is 43.4 Å². The van der Waals surface area contributed by atoms with Crippen LogP contribution in [0.3, 0.4) is 0 Å². The number of azide groups is 1. The smallest absolute Gasteiger partial charge is 0.217 e. The molecule has 4 aromatic rings. The summed E-state index contributed by atoms with van der Waals surface area (Å²) in [4.78, 5) is 15.7. The van der Waals surface area contributed by atoms with Gasteiger partial charge < -0.3 is 48.3 Å². The monoisotopic (exact) mass is 852 g/mol. The lowest BCUT2D eigenvalue weighted by molar-refractivity contribution is -0.355. The molecule has 10 atom stereocenters. The van der Waals surface area contributed by atoms with E-state index in [2.05, 4.69) is 15.3 Å². The zero-order valence-electron chi connectivity index (χ0n) is 35.6. The van der Waals surface area contributed by atoms with Gasteiger partial charge in [-0.15, -0.1) is 0 Å². The van der Waals surface area contributed by atoms with Crippen LogP contribution in [0, 0.1) is 0 Å². The maximum absolute atomic E-state index is 12.9. The van der Waals surface area contributed by atoms with E-state index >= 15 is 0 Å². The van der Waals surface area contributed by atoms with Crippen LogP contribution in [0.2, 0.25) is 0 Å². The van der Waals surface area contributed by atoms with Crippen molar-refractivity contribution in [1.82, 2.24) is 5.32 Å². The maximum atomic E-state index is 12.9. The molecule has 0 aromatic heterocycles. The predicted molar refractivity (Wildman–Crippen MR) is 231 cm³/mol. The van der Waals surface area contributed by atoms with Crippen LogP contribution < -0.4 is 5.32 Å². The van der Waals surface area contributed by atoms with Gasteiger partial charge in [0.25, 0.3) is 0 Å². The van der Waals surface area contributed by atoms with Gasteiger partial charge in [-0.2, -0.15) is 0 Å². The van der Waals surface area contributed by atoms with Crippen LogP contribution in [-0.2, 0) is 69.1 Å². The Labute approximate surface area is 364 Å². The molecule has 14 heteroatoms. The molecule has 6 rings (SSSR count). The normalized spacial score (nSPS) is 26.0. The Kier molecular flexibility index (Phi) is 19.2. The molecule has 2 saturated heterocycles. The first-order chi connectivity index (χ1) is 30.4. The summed E-state index contributed by atoms with van der Waals surface area (Å²) in [6.07, 6.45) is -5.02. The molecule has 62 heavy (non-hydrogen) atoms. The number of nitrogens with zero attached hydrogens (tertiary/aromatic N) is 3.